The quantitative estimate of drug-likeness (QED) is 0.656. The predicted molar refractivity (Wildman–Crippen MR) is 120 cm³/mol. The molecule has 0 saturated carbocycles. The van der Waals surface area contributed by atoms with E-state index < -0.39 is 0 Å². The van der Waals surface area contributed by atoms with Crippen LogP contribution < -0.4 is 5.73 Å². The molecule has 5 nitrogen and oxygen atoms in total. The first-order valence-electron chi connectivity index (χ1n) is 9.26. The number of piperidine rings is 1. The normalized spacial score (nSPS) is 14.3. The first-order valence-corrected chi connectivity index (χ1v) is 10.1. The average molecular weight is 446 g/mol. The molecular formula is C20H29Cl2N3O2S. The zero-order chi connectivity index (χ0) is 18.4. The summed E-state index contributed by atoms with van der Waals surface area (Å²) in [6.45, 7) is 4.98. The third-order valence-electron chi connectivity index (χ3n) is 4.65. The number of halogens is 2. The number of thiazole rings is 1. The van der Waals surface area contributed by atoms with Crippen LogP contribution in [0, 0.1) is 6.92 Å². The van der Waals surface area contributed by atoms with Gasteiger partial charge in [-0.25, -0.2) is 4.98 Å². The molecule has 0 bridgehead atoms. The molecule has 0 atom stereocenters. The van der Waals surface area contributed by atoms with Gasteiger partial charge in [0.25, 0.3) is 0 Å². The molecule has 1 aliphatic rings. The van der Waals surface area contributed by atoms with Crippen LogP contribution in [0.3, 0.4) is 0 Å². The zero-order valence-electron chi connectivity index (χ0n) is 16.1. The molecule has 2 aromatic rings. The summed E-state index contributed by atoms with van der Waals surface area (Å²) in [7, 11) is 0. The zero-order valence-corrected chi connectivity index (χ0v) is 18.6. The summed E-state index contributed by atoms with van der Waals surface area (Å²) in [5.41, 5.74) is 8.68. The molecule has 1 aromatic heterocycles. The molecule has 156 valence electrons. The number of hydrogen-bond acceptors (Lipinski definition) is 5. The SMILES string of the molecule is Cc1cccc(-c2nc(CC(=O)N3CCC(OCCCN)CC3)cs2)c1.Cl.Cl. The van der Waals surface area contributed by atoms with E-state index in [9.17, 15) is 4.79 Å². The number of amides is 1. The van der Waals surface area contributed by atoms with Crippen molar-refractivity contribution in [3.05, 3.63) is 40.9 Å². The number of rotatable bonds is 7. The van der Waals surface area contributed by atoms with E-state index in [1.807, 2.05) is 16.3 Å². The number of aromatic nitrogens is 1. The third kappa shape index (κ3) is 7.01. The number of nitrogens with zero attached hydrogens (tertiary/aromatic N) is 2. The third-order valence-corrected chi connectivity index (χ3v) is 5.59. The van der Waals surface area contributed by atoms with Gasteiger partial charge in [0.1, 0.15) is 5.01 Å². The van der Waals surface area contributed by atoms with Gasteiger partial charge in [-0.05, 0) is 38.8 Å². The molecule has 0 spiro atoms. The summed E-state index contributed by atoms with van der Waals surface area (Å²) in [6.07, 6.45) is 3.34. The maximum absolute atomic E-state index is 12.6. The minimum absolute atomic E-state index is 0. The molecule has 0 radical (unpaired) electrons. The molecule has 2 heterocycles. The molecule has 1 aromatic carbocycles. The smallest absolute Gasteiger partial charge is 0.228 e. The standard InChI is InChI=1S/C20H27N3O2S.2ClH/c1-15-4-2-5-16(12-15)20-22-17(14-26-20)13-19(24)23-9-6-18(7-10-23)25-11-3-8-21;;/h2,4-5,12,14,18H,3,6-11,13,21H2,1H3;2*1H. The Hall–Kier alpha value is -1.18. The van der Waals surface area contributed by atoms with E-state index in [-0.39, 0.29) is 36.8 Å². The number of ether oxygens (including phenoxy) is 1. The highest BCUT2D eigenvalue weighted by Crippen LogP contribution is 2.25. The van der Waals surface area contributed by atoms with Crippen molar-refractivity contribution in [3.8, 4) is 10.6 Å². The first-order chi connectivity index (χ1) is 12.7. The van der Waals surface area contributed by atoms with Crippen molar-refractivity contribution < 1.29 is 9.53 Å². The Balaban J connectivity index is 0.00000196. The Labute approximate surface area is 183 Å². The van der Waals surface area contributed by atoms with E-state index in [2.05, 4.69) is 30.1 Å². The summed E-state index contributed by atoms with van der Waals surface area (Å²) in [5.74, 6) is 0.159. The fraction of sp³-hybridized carbons (Fsp3) is 0.500. The fourth-order valence-corrected chi connectivity index (χ4v) is 3.99. The monoisotopic (exact) mass is 445 g/mol. The van der Waals surface area contributed by atoms with Crippen molar-refractivity contribution in [1.29, 1.82) is 0 Å². The lowest BCUT2D eigenvalue weighted by molar-refractivity contribution is -0.133. The average Bonchev–Trinajstić information content (AvgIpc) is 3.11. The number of carbonyl (C=O) groups is 1. The second kappa shape index (κ2) is 12.4. The lowest BCUT2D eigenvalue weighted by Gasteiger charge is -2.32. The Morgan fingerprint density at radius 3 is 2.75 bits per heavy atom. The summed E-state index contributed by atoms with van der Waals surface area (Å²) in [4.78, 5) is 19.2. The van der Waals surface area contributed by atoms with E-state index >= 15 is 0 Å². The fourth-order valence-electron chi connectivity index (χ4n) is 3.17. The topological polar surface area (TPSA) is 68.5 Å². The van der Waals surface area contributed by atoms with Crippen LogP contribution in [0.5, 0.6) is 0 Å². The van der Waals surface area contributed by atoms with Gasteiger partial charge in [0.05, 0.1) is 18.2 Å². The minimum atomic E-state index is 0. The number of benzene rings is 1. The first kappa shape index (κ1) is 24.9. The molecule has 1 fully saturated rings. The van der Waals surface area contributed by atoms with Gasteiger partial charge in [-0.3, -0.25) is 4.79 Å². The number of hydrogen-bond donors (Lipinski definition) is 1. The Bertz CT molecular complexity index is 734. The van der Waals surface area contributed by atoms with Gasteiger partial charge < -0.3 is 15.4 Å². The van der Waals surface area contributed by atoms with Gasteiger partial charge in [-0.1, -0.05) is 23.8 Å². The van der Waals surface area contributed by atoms with Crippen LogP contribution in [0.2, 0.25) is 0 Å². The molecule has 1 saturated heterocycles. The molecule has 2 N–H and O–H groups in total. The highest BCUT2D eigenvalue weighted by Gasteiger charge is 2.23. The Kier molecular flexibility index (Phi) is 11.0. The van der Waals surface area contributed by atoms with E-state index in [0.29, 0.717) is 13.0 Å². The molecule has 1 aliphatic heterocycles. The van der Waals surface area contributed by atoms with Crippen LogP contribution in [0.25, 0.3) is 10.6 Å². The highest BCUT2D eigenvalue weighted by molar-refractivity contribution is 7.13. The largest absolute Gasteiger partial charge is 0.378 e. The van der Waals surface area contributed by atoms with E-state index in [1.54, 1.807) is 11.3 Å². The number of aryl methyl sites for hydroxylation is 1. The predicted octanol–water partition coefficient (Wildman–Crippen LogP) is 3.86. The van der Waals surface area contributed by atoms with Gasteiger partial charge in [-0.15, -0.1) is 36.2 Å². The van der Waals surface area contributed by atoms with E-state index in [4.69, 9.17) is 10.5 Å². The van der Waals surface area contributed by atoms with Crippen molar-refractivity contribution in [2.24, 2.45) is 5.73 Å². The number of carbonyl (C=O) groups excluding carboxylic acids is 1. The molecule has 28 heavy (non-hydrogen) atoms. The summed E-state index contributed by atoms with van der Waals surface area (Å²) < 4.78 is 5.80. The lowest BCUT2D eigenvalue weighted by Crippen LogP contribution is -2.41. The maximum Gasteiger partial charge on any atom is 0.228 e. The van der Waals surface area contributed by atoms with Gasteiger partial charge in [-0.2, -0.15) is 0 Å². The Morgan fingerprint density at radius 1 is 1.32 bits per heavy atom. The Morgan fingerprint density at radius 2 is 2.07 bits per heavy atom. The molecular weight excluding hydrogens is 417 g/mol. The van der Waals surface area contributed by atoms with Crippen LogP contribution in [-0.2, 0) is 16.0 Å². The van der Waals surface area contributed by atoms with Crippen molar-refractivity contribution in [3.63, 3.8) is 0 Å². The second-order valence-electron chi connectivity index (χ2n) is 6.78. The lowest BCUT2D eigenvalue weighted by atomic mass is 10.1. The van der Waals surface area contributed by atoms with E-state index in [0.717, 1.165) is 55.2 Å². The highest BCUT2D eigenvalue weighted by atomic mass is 35.5. The number of likely N-dealkylation sites (tertiary alicyclic amines) is 1. The molecule has 0 aliphatic carbocycles. The van der Waals surface area contributed by atoms with Crippen LogP contribution >= 0.6 is 36.2 Å². The van der Waals surface area contributed by atoms with Crippen LogP contribution in [-0.4, -0.2) is 48.1 Å². The summed E-state index contributed by atoms with van der Waals surface area (Å²) >= 11 is 1.60. The second-order valence-corrected chi connectivity index (χ2v) is 7.64. The van der Waals surface area contributed by atoms with Crippen LogP contribution in [0.4, 0.5) is 0 Å². The molecule has 0 unspecified atom stereocenters. The van der Waals surface area contributed by atoms with Crippen LogP contribution in [0.1, 0.15) is 30.5 Å². The summed E-state index contributed by atoms with van der Waals surface area (Å²) in [5, 5.41) is 2.97. The van der Waals surface area contributed by atoms with Gasteiger partial charge >= 0.3 is 0 Å². The van der Waals surface area contributed by atoms with Crippen molar-refractivity contribution in [2.45, 2.75) is 38.7 Å². The van der Waals surface area contributed by atoms with Gasteiger partial charge in [0.2, 0.25) is 5.91 Å². The number of nitrogens with two attached hydrogens (primary N) is 1. The summed E-state index contributed by atoms with van der Waals surface area (Å²) in [6, 6.07) is 8.30. The minimum Gasteiger partial charge on any atom is -0.378 e. The van der Waals surface area contributed by atoms with Gasteiger partial charge in [0.15, 0.2) is 0 Å². The van der Waals surface area contributed by atoms with Crippen molar-refractivity contribution >= 4 is 42.1 Å². The molecule has 8 heteroatoms. The van der Waals surface area contributed by atoms with Crippen molar-refractivity contribution in [2.75, 3.05) is 26.2 Å². The molecule has 1 amide bonds. The van der Waals surface area contributed by atoms with Crippen LogP contribution in [0.15, 0.2) is 29.6 Å². The van der Waals surface area contributed by atoms with Gasteiger partial charge in [0, 0.05) is 30.6 Å². The maximum atomic E-state index is 12.6. The van der Waals surface area contributed by atoms with Crippen molar-refractivity contribution in [1.82, 2.24) is 9.88 Å². The molecule has 3 rings (SSSR count). The van der Waals surface area contributed by atoms with E-state index in [1.165, 1.54) is 5.56 Å².